The van der Waals surface area contributed by atoms with E-state index in [9.17, 15) is 43.2 Å². The summed E-state index contributed by atoms with van der Waals surface area (Å²) in [4.78, 5) is 133. The van der Waals surface area contributed by atoms with E-state index in [4.69, 9.17) is 4.74 Å². The van der Waals surface area contributed by atoms with Gasteiger partial charge in [0.2, 0.25) is 35.3 Å². The van der Waals surface area contributed by atoms with Crippen LogP contribution in [0.25, 0.3) is 0 Å². The molecule has 6 N–H and O–H groups in total. The lowest BCUT2D eigenvalue weighted by Crippen LogP contribution is -2.61. The van der Waals surface area contributed by atoms with E-state index in [2.05, 4.69) is 41.9 Å². The van der Waals surface area contributed by atoms with Crippen LogP contribution < -0.4 is 31.9 Å². The van der Waals surface area contributed by atoms with Crippen molar-refractivity contribution in [2.24, 2.45) is 17.3 Å². The fourth-order valence-electron chi connectivity index (χ4n) is 8.01. The molecule has 4 rings (SSSR count). The molecule has 2 fully saturated rings. The first-order valence-corrected chi connectivity index (χ1v) is 22.8. The molecule has 0 spiro atoms. The summed E-state index contributed by atoms with van der Waals surface area (Å²) < 4.78 is 5.60. The van der Waals surface area contributed by atoms with Gasteiger partial charge in [-0.3, -0.25) is 43.3 Å². The molecule has 1 aromatic carbocycles. The van der Waals surface area contributed by atoms with Gasteiger partial charge in [-0.1, -0.05) is 83.7 Å². The molecule has 20 nitrogen and oxygen atoms in total. The minimum atomic E-state index is -1.35. The van der Waals surface area contributed by atoms with E-state index in [1.807, 2.05) is 0 Å². The Morgan fingerprint density at radius 1 is 0.836 bits per heavy atom. The fraction of sp³-hybridized carbons (Fsp3) is 0.596. The molecule has 1 aliphatic carbocycles. The highest BCUT2D eigenvalue weighted by atomic mass is 16.6. The number of amides is 8. The number of aromatic nitrogens is 2. The van der Waals surface area contributed by atoms with Gasteiger partial charge in [-0.25, -0.2) is 9.78 Å². The second-order valence-corrected chi connectivity index (χ2v) is 19.4. The summed E-state index contributed by atoms with van der Waals surface area (Å²) in [5, 5.41) is 16.1. The van der Waals surface area contributed by atoms with Crippen molar-refractivity contribution in [2.75, 3.05) is 33.7 Å². The molecule has 0 radical (unpaired) electrons. The van der Waals surface area contributed by atoms with Gasteiger partial charge < -0.3 is 46.4 Å². The maximum Gasteiger partial charge on any atom is 0.410 e. The van der Waals surface area contributed by atoms with Gasteiger partial charge in [0.15, 0.2) is 0 Å². The first-order valence-electron chi connectivity index (χ1n) is 22.8. The fourth-order valence-corrected chi connectivity index (χ4v) is 8.01. The van der Waals surface area contributed by atoms with Crippen molar-refractivity contribution < 1.29 is 47.9 Å². The highest BCUT2D eigenvalue weighted by Gasteiger charge is 2.45. The van der Waals surface area contributed by atoms with Crippen molar-refractivity contribution in [3.05, 3.63) is 60.2 Å². The van der Waals surface area contributed by atoms with Crippen LogP contribution in [0.3, 0.4) is 0 Å². The zero-order valence-electron chi connectivity index (χ0n) is 40.1. The van der Waals surface area contributed by atoms with Crippen LogP contribution >= 0.6 is 0 Å². The summed E-state index contributed by atoms with van der Waals surface area (Å²) in [7, 11) is 3.07. The molecule has 0 bridgehead atoms. The number of benzene rings is 1. The van der Waals surface area contributed by atoms with Crippen LogP contribution in [0.1, 0.15) is 116 Å². The van der Waals surface area contributed by atoms with E-state index in [-0.39, 0.29) is 31.1 Å². The van der Waals surface area contributed by atoms with Crippen molar-refractivity contribution in [2.45, 2.75) is 129 Å². The number of rotatable bonds is 18. The summed E-state index contributed by atoms with van der Waals surface area (Å²) in [6.07, 6.45) is 7.80. The van der Waals surface area contributed by atoms with Gasteiger partial charge >= 0.3 is 6.09 Å². The average Bonchev–Trinajstić information content (AvgIpc) is 3.71. The Labute approximate surface area is 392 Å². The minimum Gasteiger partial charge on any atom is -0.444 e. The van der Waals surface area contributed by atoms with Crippen molar-refractivity contribution in [1.29, 1.82) is 0 Å². The molecule has 6 atom stereocenters. The number of Topliss-reactive ketones (excluding diaryl/α,β-unsaturated/α-hetero) is 1. The molecule has 1 saturated heterocycles. The Balaban J connectivity index is 1.51. The maximum absolute atomic E-state index is 14.4. The van der Waals surface area contributed by atoms with Crippen molar-refractivity contribution >= 4 is 53.2 Å². The van der Waals surface area contributed by atoms with Gasteiger partial charge in [0.25, 0.3) is 11.8 Å². The Kier molecular flexibility index (Phi) is 18.9. The third-order valence-electron chi connectivity index (χ3n) is 11.5. The van der Waals surface area contributed by atoms with Crippen LogP contribution in [-0.4, -0.2) is 136 Å². The lowest BCUT2D eigenvalue weighted by atomic mass is 9.82. The molecular formula is C47H68N10O10. The highest BCUT2D eigenvalue weighted by molar-refractivity contribution is 6.38. The Morgan fingerprint density at radius 3 is 2.09 bits per heavy atom. The molecule has 8 amide bonds. The smallest absolute Gasteiger partial charge is 0.410 e. The minimum absolute atomic E-state index is 0.0272. The predicted molar refractivity (Wildman–Crippen MR) is 245 cm³/mol. The van der Waals surface area contributed by atoms with Crippen LogP contribution in [0.15, 0.2) is 48.9 Å². The molecule has 2 aromatic rings. The van der Waals surface area contributed by atoms with Gasteiger partial charge in [-0.05, 0) is 56.9 Å². The summed E-state index contributed by atoms with van der Waals surface area (Å²) in [6.45, 7) is 11.0. The number of ether oxygens (including phenoxy) is 1. The molecule has 2 heterocycles. The van der Waals surface area contributed by atoms with E-state index in [0.29, 0.717) is 24.8 Å². The van der Waals surface area contributed by atoms with Gasteiger partial charge in [0.05, 0.1) is 30.7 Å². The van der Waals surface area contributed by atoms with Crippen LogP contribution in [0.4, 0.5) is 4.79 Å². The number of carbonyl (C=O) groups is 9. The number of hydrogen-bond donors (Lipinski definition) is 6. The summed E-state index contributed by atoms with van der Waals surface area (Å²) in [6, 6.07) is 2.85. The Hall–Kier alpha value is -6.47. The quantitative estimate of drug-likeness (QED) is 0.117. The number of ketones is 1. The van der Waals surface area contributed by atoms with Crippen LogP contribution in [-0.2, 0) is 38.3 Å². The molecule has 67 heavy (non-hydrogen) atoms. The van der Waals surface area contributed by atoms with Gasteiger partial charge in [-0.2, -0.15) is 0 Å². The lowest BCUT2D eigenvalue weighted by Gasteiger charge is -2.35. The summed E-state index contributed by atoms with van der Waals surface area (Å²) in [5.74, 6) is -7.30. The average molecular weight is 933 g/mol. The number of likely N-dealkylation sites (tertiary alicyclic amines) is 1. The highest BCUT2D eigenvalue weighted by Crippen LogP contribution is 2.29. The van der Waals surface area contributed by atoms with Gasteiger partial charge in [0.1, 0.15) is 29.4 Å². The summed E-state index contributed by atoms with van der Waals surface area (Å²) >= 11 is 0. The van der Waals surface area contributed by atoms with Crippen molar-refractivity contribution in [1.82, 2.24) is 51.7 Å². The predicted octanol–water partition coefficient (Wildman–Crippen LogP) is 1.95. The second-order valence-electron chi connectivity index (χ2n) is 19.4. The molecule has 2 aliphatic rings. The largest absolute Gasteiger partial charge is 0.444 e. The first-order chi connectivity index (χ1) is 31.5. The normalized spacial score (nSPS) is 18.2. The van der Waals surface area contributed by atoms with Crippen LogP contribution in [0.2, 0.25) is 0 Å². The van der Waals surface area contributed by atoms with E-state index in [1.165, 1.54) is 42.5 Å². The molecule has 20 heteroatoms. The topological polar surface area (TPSA) is 267 Å². The number of nitrogens with one attached hydrogen (secondary N) is 6. The lowest BCUT2D eigenvalue weighted by molar-refractivity contribution is -0.141. The summed E-state index contributed by atoms with van der Waals surface area (Å²) in [5.41, 5.74) is -1.26. The van der Waals surface area contributed by atoms with Gasteiger partial charge in [0, 0.05) is 39.6 Å². The second kappa shape index (κ2) is 23.8. The molecule has 366 valence electrons. The zero-order valence-corrected chi connectivity index (χ0v) is 40.1. The van der Waals surface area contributed by atoms with Crippen molar-refractivity contribution in [3.8, 4) is 0 Å². The first kappa shape index (κ1) is 53.1. The maximum atomic E-state index is 14.4. The molecule has 1 aromatic heterocycles. The van der Waals surface area contributed by atoms with E-state index in [1.54, 1.807) is 78.8 Å². The standard InChI is InChI=1S/C47H68N10O10/c1-10-17-31(37(59)42(63)50-25-34(58)53-36(44(65)56(8)9)29-20-15-12-16-21-29)51-39(60)30-26-57(45(66)67-47(5,6)7)27-33(30)52-43(64)38(46(2,3)4)55-41(62)35(28-18-13-11-14-19-28)54-40(61)32-24-48-22-23-49-32/h12,15-16,20-24,28,30-31,33,35-36,38H,10-11,13-14,17-19,25-27H2,1-9H3,(H,50,63)(H,51,60)(H,52,64)(H,53,58)(H,54,61)(H,55,62)/t30-,31+,33+,35+,36+,38-/m1/s1. The zero-order chi connectivity index (χ0) is 49.6. The molecule has 1 saturated carbocycles. The molecule has 0 unspecified atom stereocenters. The number of likely N-dealkylation sites (N-methyl/N-ethyl adjacent to an activating group) is 1. The van der Waals surface area contributed by atoms with Crippen LogP contribution in [0.5, 0.6) is 0 Å². The van der Waals surface area contributed by atoms with E-state index >= 15 is 0 Å². The Bertz CT molecular complexity index is 2080. The van der Waals surface area contributed by atoms with E-state index in [0.717, 1.165) is 19.3 Å². The number of carbonyl (C=O) groups excluding carboxylic acids is 9. The Morgan fingerprint density at radius 2 is 1.51 bits per heavy atom. The van der Waals surface area contributed by atoms with E-state index < -0.39 is 107 Å². The number of hydrogen-bond acceptors (Lipinski definition) is 12. The van der Waals surface area contributed by atoms with Crippen molar-refractivity contribution in [3.63, 3.8) is 0 Å². The molecular weight excluding hydrogens is 865 g/mol. The monoisotopic (exact) mass is 933 g/mol. The van der Waals surface area contributed by atoms with Crippen LogP contribution in [0, 0.1) is 17.3 Å². The third kappa shape index (κ3) is 15.6. The third-order valence-corrected chi connectivity index (χ3v) is 11.5. The molecule has 1 aliphatic heterocycles. The van der Waals surface area contributed by atoms with Gasteiger partial charge in [-0.15, -0.1) is 0 Å². The number of nitrogens with zero attached hydrogens (tertiary/aromatic N) is 4. The SMILES string of the molecule is CCC[C@H](NC(=O)[C@@H]1CN(C(=O)OC(C)(C)C)C[C@@H]1NC(=O)[C@@H](NC(=O)[C@@H](NC(=O)c1cnccn1)C1CCCCC1)C(C)(C)C)C(=O)C(=O)NCC(=O)N[C@H](C(=O)N(C)C)c1ccccc1.